The van der Waals surface area contributed by atoms with E-state index in [0.29, 0.717) is 18.7 Å². The second-order valence-electron chi connectivity index (χ2n) is 11.5. The SMILES string of the molecule is O=C(CN1CCN(CCCCCCOc2ccc3ccc(=O)oc3c2)CC1)Nc1c2c(nc3ccccc13)CCCC2. The third-order valence-corrected chi connectivity index (χ3v) is 8.50. The number of nitrogens with one attached hydrogen (secondary N) is 1. The van der Waals surface area contributed by atoms with Crippen LogP contribution in [0.25, 0.3) is 21.9 Å². The Morgan fingerprint density at radius 1 is 0.905 bits per heavy atom. The van der Waals surface area contributed by atoms with Crippen molar-refractivity contribution in [2.75, 3.05) is 51.2 Å². The monoisotopic (exact) mass is 568 g/mol. The molecule has 3 heterocycles. The average molecular weight is 569 g/mol. The first-order valence-electron chi connectivity index (χ1n) is 15.4. The quantitative estimate of drug-likeness (QED) is 0.191. The van der Waals surface area contributed by atoms with Crippen LogP contribution in [-0.2, 0) is 17.6 Å². The van der Waals surface area contributed by atoms with Crippen LogP contribution in [0.15, 0.2) is 63.8 Å². The summed E-state index contributed by atoms with van der Waals surface area (Å²) in [6, 6.07) is 17.0. The van der Waals surface area contributed by atoms with Crippen molar-refractivity contribution >= 4 is 33.5 Å². The Kier molecular flexibility index (Phi) is 9.11. The number of benzene rings is 2. The predicted octanol–water partition coefficient (Wildman–Crippen LogP) is 5.42. The zero-order chi connectivity index (χ0) is 28.7. The molecule has 1 aliphatic heterocycles. The maximum atomic E-state index is 13.1. The van der Waals surface area contributed by atoms with E-state index in [1.807, 2.05) is 30.3 Å². The summed E-state index contributed by atoms with van der Waals surface area (Å²) in [6.45, 7) is 6.03. The van der Waals surface area contributed by atoms with Gasteiger partial charge < -0.3 is 19.4 Å². The normalized spacial score (nSPS) is 16.0. The van der Waals surface area contributed by atoms with Crippen LogP contribution in [0.2, 0.25) is 0 Å². The number of carbonyl (C=O) groups excluding carboxylic acids is 1. The van der Waals surface area contributed by atoms with E-state index in [0.717, 1.165) is 98.2 Å². The molecule has 0 atom stereocenters. The van der Waals surface area contributed by atoms with Crippen LogP contribution >= 0.6 is 0 Å². The zero-order valence-electron chi connectivity index (χ0n) is 24.3. The van der Waals surface area contributed by atoms with Crippen molar-refractivity contribution in [1.82, 2.24) is 14.8 Å². The Morgan fingerprint density at radius 3 is 2.60 bits per heavy atom. The minimum absolute atomic E-state index is 0.0723. The Hall–Kier alpha value is -3.75. The lowest BCUT2D eigenvalue weighted by molar-refractivity contribution is -0.117. The third-order valence-electron chi connectivity index (χ3n) is 8.50. The van der Waals surface area contributed by atoms with Crippen molar-refractivity contribution in [1.29, 1.82) is 0 Å². The zero-order valence-corrected chi connectivity index (χ0v) is 24.3. The Balaban J connectivity index is 0.883. The second-order valence-corrected chi connectivity index (χ2v) is 11.5. The highest BCUT2D eigenvalue weighted by atomic mass is 16.5. The summed E-state index contributed by atoms with van der Waals surface area (Å²) in [5.74, 6) is 0.805. The van der Waals surface area contributed by atoms with Gasteiger partial charge in [-0.05, 0) is 74.9 Å². The molecule has 1 N–H and O–H groups in total. The molecule has 0 unspecified atom stereocenters. The summed E-state index contributed by atoms with van der Waals surface area (Å²) in [4.78, 5) is 34.3. The van der Waals surface area contributed by atoms with Gasteiger partial charge in [-0.1, -0.05) is 31.0 Å². The van der Waals surface area contributed by atoms with Crippen LogP contribution < -0.4 is 15.7 Å². The molecule has 8 heteroatoms. The van der Waals surface area contributed by atoms with Gasteiger partial charge in [0.05, 0.1) is 24.4 Å². The largest absolute Gasteiger partial charge is 0.493 e. The number of unbranched alkanes of at least 4 members (excludes halogenated alkanes) is 3. The third kappa shape index (κ3) is 6.99. The van der Waals surface area contributed by atoms with Crippen molar-refractivity contribution in [2.45, 2.75) is 51.4 Å². The molecule has 0 radical (unpaired) electrons. The lowest BCUT2D eigenvalue weighted by Crippen LogP contribution is -2.48. The molecule has 6 rings (SSSR count). The fourth-order valence-corrected chi connectivity index (χ4v) is 6.18. The van der Waals surface area contributed by atoms with Crippen LogP contribution in [0.5, 0.6) is 5.75 Å². The number of amides is 1. The molecule has 2 aromatic heterocycles. The van der Waals surface area contributed by atoms with Gasteiger partial charge in [-0.2, -0.15) is 0 Å². The van der Waals surface area contributed by atoms with E-state index in [-0.39, 0.29) is 11.5 Å². The van der Waals surface area contributed by atoms with Crippen molar-refractivity contribution in [3.05, 3.63) is 76.3 Å². The van der Waals surface area contributed by atoms with Crippen LogP contribution in [0.4, 0.5) is 5.69 Å². The Labute approximate surface area is 246 Å². The molecule has 4 aromatic rings. The average Bonchev–Trinajstić information content (AvgIpc) is 3.01. The Bertz CT molecular complexity index is 1590. The maximum absolute atomic E-state index is 13.1. The molecule has 0 saturated carbocycles. The van der Waals surface area contributed by atoms with E-state index in [4.69, 9.17) is 14.1 Å². The molecular formula is C34H40N4O4. The number of para-hydroxylation sites is 1. The van der Waals surface area contributed by atoms with Crippen LogP contribution in [0.1, 0.15) is 49.8 Å². The van der Waals surface area contributed by atoms with Gasteiger partial charge in [0.2, 0.25) is 5.91 Å². The maximum Gasteiger partial charge on any atom is 0.336 e. The molecule has 42 heavy (non-hydrogen) atoms. The molecule has 8 nitrogen and oxygen atoms in total. The molecule has 0 bridgehead atoms. The van der Waals surface area contributed by atoms with Gasteiger partial charge in [-0.3, -0.25) is 14.7 Å². The molecule has 0 spiro atoms. The number of rotatable bonds is 11. The highest BCUT2D eigenvalue weighted by Crippen LogP contribution is 2.33. The highest BCUT2D eigenvalue weighted by Gasteiger charge is 2.22. The van der Waals surface area contributed by atoms with Crippen molar-refractivity contribution in [3.63, 3.8) is 0 Å². The van der Waals surface area contributed by atoms with Crippen molar-refractivity contribution in [2.24, 2.45) is 0 Å². The standard InChI is InChI=1S/C34H40N4O4/c39-32(36-34-27-9-3-5-11-29(27)35-30-12-6-4-10-28(30)34)24-38-20-18-37(19-21-38)17-7-1-2-8-22-41-26-15-13-25-14-16-33(40)42-31(25)23-26/h3,5,9,11,13-16,23H,1-2,4,6-8,10,12,17-22,24H2,(H,35,36,39). The number of fused-ring (bicyclic) bond motifs is 3. The lowest BCUT2D eigenvalue weighted by atomic mass is 9.92. The number of aromatic nitrogens is 1. The first kappa shape index (κ1) is 28.4. The van der Waals surface area contributed by atoms with E-state index in [1.54, 1.807) is 12.1 Å². The van der Waals surface area contributed by atoms with E-state index >= 15 is 0 Å². The van der Waals surface area contributed by atoms with Crippen LogP contribution in [-0.4, -0.2) is 66.6 Å². The second kappa shape index (κ2) is 13.5. The number of aryl methyl sites for hydroxylation is 1. The number of ether oxygens (including phenoxy) is 1. The molecule has 220 valence electrons. The van der Waals surface area contributed by atoms with Gasteiger partial charge in [0.1, 0.15) is 11.3 Å². The molecule has 2 aromatic carbocycles. The van der Waals surface area contributed by atoms with E-state index < -0.39 is 0 Å². The summed E-state index contributed by atoms with van der Waals surface area (Å²) in [5, 5.41) is 5.23. The molecule has 1 amide bonds. The van der Waals surface area contributed by atoms with Gasteiger partial charge in [0.15, 0.2) is 0 Å². The highest BCUT2D eigenvalue weighted by molar-refractivity contribution is 6.03. The van der Waals surface area contributed by atoms with Gasteiger partial charge in [-0.25, -0.2) is 4.79 Å². The molecular weight excluding hydrogens is 528 g/mol. The summed E-state index contributed by atoms with van der Waals surface area (Å²) in [6.07, 6.45) is 8.75. The summed E-state index contributed by atoms with van der Waals surface area (Å²) in [7, 11) is 0. The first-order valence-corrected chi connectivity index (χ1v) is 15.4. The first-order chi connectivity index (χ1) is 20.6. The van der Waals surface area contributed by atoms with Gasteiger partial charge in [-0.15, -0.1) is 0 Å². The summed E-state index contributed by atoms with van der Waals surface area (Å²) < 4.78 is 11.1. The number of pyridine rings is 1. The van der Waals surface area contributed by atoms with Crippen LogP contribution in [0, 0.1) is 0 Å². The summed E-state index contributed by atoms with van der Waals surface area (Å²) in [5.41, 5.74) is 4.54. The van der Waals surface area contributed by atoms with Gasteiger partial charge >= 0.3 is 5.63 Å². The minimum Gasteiger partial charge on any atom is -0.493 e. The van der Waals surface area contributed by atoms with Gasteiger partial charge in [0.25, 0.3) is 0 Å². The number of hydrogen-bond acceptors (Lipinski definition) is 7. The number of hydrogen-bond donors (Lipinski definition) is 1. The number of piperazine rings is 1. The van der Waals surface area contributed by atoms with Gasteiger partial charge in [0, 0.05) is 54.8 Å². The molecule has 2 aliphatic rings. The fourth-order valence-electron chi connectivity index (χ4n) is 6.18. The number of carbonyl (C=O) groups is 1. The lowest BCUT2D eigenvalue weighted by Gasteiger charge is -2.34. The molecule has 1 saturated heterocycles. The molecule has 1 fully saturated rings. The van der Waals surface area contributed by atoms with E-state index in [1.165, 1.54) is 30.9 Å². The predicted molar refractivity (Wildman–Crippen MR) is 166 cm³/mol. The van der Waals surface area contributed by atoms with Crippen molar-refractivity contribution < 1.29 is 13.9 Å². The number of anilines is 1. The topological polar surface area (TPSA) is 87.9 Å². The number of nitrogens with zero attached hydrogens (tertiary/aromatic N) is 3. The Morgan fingerprint density at radius 2 is 1.69 bits per heavy atom. The summed E-state index contributed by atoms with van der Waals surface area (Å²) >= 11 is 0. The van der Waals surface area contributed by atoms with Crippen molar-refractivity contribution in [3.8, 4) is 5.75 Å². The minimum atomic E-state index is -0.348. The van der Waals surface area contributed by atoms with Crippen LogP contribution in [0.3, 0.4) is 0 Å². The smallest absolute Gasteiger partial charge is 0.336 e. The van der Waals surface area contributed by atoms with E-state index in [2.05, 4.69) is 21.2 Å². The fraction of sp³-hybridized carbons (Fsp3) is 0.441. The van der Waals surface area contributed by atoms with E-state index in [9.17, 15) is 9.59 Å². The molecule has 1 aliphatic carbocycles.